The molecule has 34 heavy (non-hydrogen) atoms. The second kappa shape index (κ2) is 18.3. The lowest BCUT2D eigenvalue weighted by Crippen LogP contribution is -2.45. The number of amides is 1. The van der Waals surface area contributed by atoms with E-state index in [0.717, 1.165) is 55.8 Å². The quantitative estimate of drug-likeness (QED) is 0.110. The van der Waals surface area contributed by atoms with Gasteiger partial charge >= 0.3 is 14.8 Å². The van der Waals surface area contributed by atoms with Crippen molar-refractivity contribution in [3.05, 3.63) is 35.9 Å². The number of ether oxygens (including phenoxy) is 1. The molecule has 0 unspecified atom stereocenters. The molecule has 0 aliphatic carbocycles. The third-order valence-electron chi connectivity index (χ3n) is 5.08. The molecule has 1 amide bonds. The molecular weight excluding hydrogens is 450 g/mol. The van der Waals surface area contributed by atoms with E-state index in [4.69, 9.17) is 18.0 Å². The van der Waals surface area contributed by atoms with Crippen molar-refractivity contribution < 1.29 is 27.6 Å². The van der Waals surface area contributed by atoms with Crippen molar-refractivity contribution in [3.63, 3.8) is 0 Å². The standard InChI is InChI=1S/C26H43NO6Si/c1-5-9-14-25(28)27-24-18-15-23(16-19-24)17-20-26(29)30-21-12-10-11-13-22-34(31-6-2,32-7-3)33-8-4/h15-20H,5-14,21-22H2,1-4H3,(H,27,28)/b20-17+. The summed E-state index contributed by atoms with van der Waals surface area (Å²) in [4.78, 5) is 23.7. The number of hydrogen-bond acceptors (Lipinski definition) is 6. The van der Waals surface area contributed by atoms with E-state index in [-0.39, 0.29) is 11.9 Å². The molecule has 0 heterocycles. The van der Waals surface area contributed by atoms with Crippen molar-refractivity contribution >= 4 is 32.4 Å². The van der Waals surface area contributed by atoms with Crippen molar-refractivity contribution in [2.45, 2.75) is 78.7 Å². The number of esters is 1. The highest BCUT2D eigenvalue weighted by molar-refractivity contribution is 6.60. The fourth-order valence-corrected chi connectivity index (χ4v) is 6.11. The Labute approximate surface area is 206 Å². The minimum absolute atomic E-state index is 0.0213. The van der Waals surface area contributed by atoms with Crippen LogP contribution in [0.15, 0.2) is 30.3 Å². The Hall–Kier alpha value is -2.00. The van der Waals surface area contributed by atoms with Crippen LogP contribution >= 0.6 is 0 Å². The van der Waals surface area contributed by atoms with Gasteiger partial charge in [0.2, 0.25) is 5.91 Å². The lowest BCUT2D eigenvalue weighted by molar-refractivity contribution is -0.137. The monoisotopic (exact) mass is 493 g/mol. The first-order valence-corrected chi connectivity index (χ1v) is 14.6. The zero-order valence-corrected chi connectivity index (χ0v) is 22.4. The van der Waals surface area contributed by atoms with E-state index >= 15 is 0 Å². The summed E-state index contributed by atoms with van der Waals surface area (Å²) in [5.41, 5.74) is 1.62. The number of hydrogen-bond donors (Lipinski definition) is 1. The zero-order valence-electron chi connectivity index (χ0n) is 21.4. The predicted molar refractivity (Wildman–Crippen MR) is 138 cm³/mol. The molecule has 0 saturated carbocycles. The smallest absolute Gasteiger partial charge is 0.463 e. The van der Waals surface area contributed by atoms with Gasteiger partial charge in [-0.15, -0.1) is 0 Å². The molecule has 1 rings (SSSR count). The molecule has 1 N–H and O–H groups in total. The fraction of sp³-hybridized carbons (Fsp3) is 0.615. The first kappa shape index (κ1) is 30.0. The number of nitrogens with one attached hydrogen (secondary N) is 1. The van der Waals surface area contributed by atoms with Crippen LogP contribution in [0.3, 0.4) is 0 Å². The van der Waals surface area contributed by atoms with Crippen LogP contribution in [-0.2, 0) is 27.6 Å². The lowest BCUT2D eigenvalue weighted by Gasteiger charge is -2.28. The van der Waals surface area contributed by atoms with E-state index in [2.05, 4.69) is 12.2 Å². The minimum Gasteiger partial charge on any atom is -0.463 e. The fourth-order valence-electron chi connectivity index (χ4n) is 3.42. The molecule has 7 nitrogen and oxygen atoms in total. The van der Waals surface area contributed by atoms with E-state index in [1.165, 1.54) is 6.08 Å². The van der Waals surface area contributed by atoms with Crippen LogP contribution in [-0.4, -0.2) is 47.1 Å². The molecule has 192 valence electrons. The first-order valence-electron chi connectivity index (χ1n) is 12.6. The van der Waals surface area contributed by atoms with E-state index in [1.807, 2.05) is 45.0 Å². The lowest BCUT2D eigenvalue weighted by atomic mass is 10.2. The number of benzene rings is 1. The van der Waals surface area contributed by atoms with E-state index in [1.54, 1.807) is 6.08 Å². The Morgan fingerprint density at radius 2 is 1.47 bits per heavy atom. The maximum absolute atomic E-state index is 12.0. The minimum atomic E-state index is -2.56. The molecular formula is C26H43NO6Si. The summed E-state index contributed by atoms with van der Waals surface area (Å²) < 4.78 is 22.9. The topological polar surface area (TPSA) is 83.1 Å². The average molecular weight is 494 g/mol. The average Bonchev–Trinajstić information content (AvgIpc) is 2.82. The Bertz CT molecular complexity index is 705. The molecule has 1 aromatic carbocycles. The van der Waals surface area contributed by atoms with Crippen LogP contribution in [0.4, 0.5) is 5.69 Å². The third-order valence-corrected chi connectivity index (χ3v) is 8.23. The van der Waals surface area contributed by atoms with Crippen LogP contribution < -0.4 is 5.32 Å². The first-order chi connectivity index (χ1) is 16.5. The third kappa shape index (κ3) is 13.0. The van der Waals surface area contributed by atoms with Crippen LogP contribution in [0.2, 0.25) is 6.04 Å². The van der Waals surface area contributed by atoms with Crippen molar-refractivity contribution in [2.24, 2.45) is 0 Å². The Morgan fingerprint density at radius 3 is 2.06 bits per heavy atom. The zero-order chi connectivity index (χ0) is 25.1. The predicted octanol–water partition coefficient (Wildman–Crippen LogP) is 5.98. The van der Waals surface area contributed by atoms with Gasteiger partial charge in [0.15, 0.2) is 0 Å². The molecule has 0 aliphatic rings. The number of carbonyl (C=O) groups is 2. The van der Waals surface area contributed by atoms with Gasteiger partial charge < -0.3 is 23.3 Å². The molecule has 0 fully saturated rings. The van der Waals surface area contributed by atoms with E-state index in [9.17, 15) is 9.59 Å². The summed E-state index contributed by atoms with van der Waals surface area (Å²) in [6.45, 7) is 10.1. The molecule has 0 spiro atoms. The van der Waals surface area contributed by atoms with Crippen LogP contribution in [0.25, 0.3) is 6.08 Å². The largest absolute Gasteiger partial charge is 0.500 e. The molecule has 0 radical (unpaired) electrons. The highest BCUT2D eigenvalue weighted by Gasteiger charge is 2.39. The Balaban J connectivity index is 2.26. The Kier molecular flexibility index (Phi) is 16.2. The van der Waals surface area contributed by atoms with Crippen molar-refractivity contribution in [2.75, 3.05) is 31.7 Å². The van der Waals surface area contributed by atoms with Crippen LogP contribution in [0.5, 0.6) is 0 Å². The summed E-state index contributed by atoms with van der Waals surface area (Å²) in [6, 6.07) is 8.18. The van der Waals surface area contributed by atoms with Gasteiger partial charge in [0, 0.05) is 44.0 Å². The van der Waals surface area contributed by atoms with Gasteiger partial charge in [-0.2, -0.15) is 0 Å². The van der Waals surface area contributed by atoms with Gasteiger partial charge in [0.25, 0.3) is 0 Å². The number of anilines is 1. The normalized spacial score (nSPS) is 11.6. The number of rotatable bonds is 19. The van der Waals surface area contributed by atoms with Gasteiger partial charge in [-0.3, -0.25) is 4.79 Å². The van der Waals surface area contributed by atoms with Gasteiger partial charge in [0.1, 0.15) is 0 Å². The highest BCUT2D eigenvalue weighted by Crippen LogP contribution is 2.20. The second-order valence-electron chi connectivity index (χ2n) is 7.92. The van der Waals surface area contributed by atoms with Crippen LogP contribution in [0, 0.1) is 0 Å². The molecule has 1 aromatic rings. The number of unbranched alkanes of at least 4 members (excludes halogenated alkanes) is 4. The molecule has 0 saturated heterocycles. The van der Waals surface area contributed by atoms with Gasteiger partial charge in [0.05, 0.1) is 6.61 Å². The Morgan fingerprint density at radius 1 is 0.853 bits per heavy atom. The van der Waals surface area contributed by atoms with Crippen LogP contribution in [0.1, 0.15) is 78.2 Å². The molecule has 0 aromatic heterocycles. The van der Waals surface area contributed by atoms with E-state index < -0.39 is 8.80 Å². The summed E-state index contributed by atoms with van der Waals surface area (Å²) in [5.74, 6) is -0.333. The molecule has 0 bridgehead atoms. The van der Waals surface area contributed by atoms with Crippen molar-refractivity contribution in [1.29, 1.82) is 0 Å². The molecule has 0 aliphatic heterocycles. The van der Waals surface area contributed by atoms with Gasteiger partial charge in [-0.05, 0) is 63.8 Å². The summed E-state index contributed by atoms with van der Waals surface area (Å²) in [7, 11) is -2.56. The highest BCUT2D eigenvalue weighted by atomic mass is 28.4. The van der Waals surface area contributed by atoms with E-state index in [0.29, 0.717) is 32.8 Å². The summed E-state index contributed by atoms with van der Waals surface area (Å²) in [5, 5.41) is 2.87. The molecule has 0 atom stereocenters. The second-order valence-corrected chi connectivity index (χ2v) is 10.7. The summed E-state index contributed by atoms with van der Waals surface area (Å²) >= 11 is 0. The maximum atomic E-state index is 12.0. The van der Waals surface area contributed by atoms with Crippen molar-refractivity contribution in [3.8, 4) is 0 Å². The van der Waals surface area contributed by atoms with Crippen molar-refractivity contribution in [1.82, 2.24) is 0 Å². The molecule has 8 heteroatoms. The SMILES string of the molecule is CCCCC(=O)Nc1ccc(/C=C/C(=O)OCCCCCC[Si](OCC)(OCC)OCC)cc1. The maximum Gasteiger partial charge on any atom is 0.500 e. The summed E-state index contributed by atoms with van der Waals surface area (Å²) in [6.07, 6.45) is 9.31. The number of carbonyl (C=O) groups excluding carboxylic acids is 2. The van der Waals surface area contributed by atoms with Gasteiger partial charge in [-0.1, -0.05) is 38.3 Å². The van der Waals surface area contributed by atoms with Gasteiger partial charge in [-0.25, -0.2) is 4.79 Å².